The van der Waals surface area contributed by atoms with E-state index in [-0.39, 0.29) is 0 Å². The van der Waals surface area contributed by atoms with Gasteiger partial charge in [0.2, 0.25) is 0 Å². The Labute approximate surface area is 65.0 Å². The summed E-state index contributed by atoms with van der Waals surface area (Å²) in [5.74, 6) is 0. The van der Waals surface area contributed by atoms with E-state index >= 15 is 0 Å². The molecule has 0 saturated heterocycles. The van der Waals surface area contributed by atoms with Crippen molar-refractivity contribution >= 4 is 5.69 Å². The summed E-state index contributed by atoms with van der Waals surface area (Å²) in [6.07, 6.45) is 0. The summed E-state index contributed by atoms with van der Waals surface area (Å²) in [5, 5.41) is 2.81. The molecule has 58 valence electrons. The Morgan fingerprint density at radius 1 is 1.55 bits per heavy atom. The lowest BCUT2D eigenvalue weighted by molar-refractivity contribution is 0.185. The third-order valence-electron chi connectivity index (χ3n) is 1.33. The lowest BCUT2D eigenvalue weighted by Gasteiger charge is -1.97. The molecule has 0 aromatic heterocycles. The zero-order valence-corrected chi connectivity index (χ0v) is 6.28. The maximum absolute atomic E-state index is 10.1. The maximum atomic E-state index is 10.1. The van der Waals surface area contributed by atoms with Crippen molar-refractivity contribution < 1.29 is 4.74 Å². The van der Waals surface area contributed by atoms with Gasteiger partial charge in [-0.1, -0.05) is 12.1 Å². The third kappa shape index (κ3) is 2.13. The quantitative estimate of drug-likeness (QED) is 0.621. The molecule has 3 heteroatoms. The van der Waals surface area contributed by atoms with Gasteiger partial charge in [0.15, 0.2) is 0 Å². The fraction of sp³-hybridized carbons (Fsp3) is 0.250. The first-order valence-electron chi connectivity index (χ1n) is 3.28. The lowest BCUT2D eigenvalue weighted by atomic mass is 10.2. The van der Waals surface area contributed by atoms with E-state index in [0.29, 0.717) is 12.3 Å². The summed E-state index contributed by atoms with van der Waals surface area (Å²) < 4.78 is 4.88. The van der Waals surface area contributed by atoms with Crippen molar-refractivity contribution in [1.29, 1.82) is 0 Å². The average Bonchev–Trinajstić information content (AvgIpc) is 2.06. The minimum Gasteiger partial charge on any atom is -0.380 e. The smallest absolute Gasteiger partial charge is 0.108 e. The zero-order valence-electron chi connectivity index (χ0n) is 6.28. The molecule has 0 atom stereocenters. The van der Waals surface area contributed by atoms with Crippen LogP contribution >= 0.6 is 0 Å². The van der Waals surface area contributed by atoms with E-state index < -0.39 is 0 Å². The van der Waals surface area contributed by atoms with Gasteiger partial charge in [-0.2, -0.15) is 0 Å². The van der Waals surface area contributed by atoms with E-state index in [1.54, 1.807) is 25.3 Å². The summed E-state index contributed by atoms with van der Waals surface area (Å²) in [6, 6.07) is 7.03. The van der Waals surface area contributed by atoms with Crippen LogP contribution in [0.5, 0.6) is 0 Å². The van der Waals surface area contributed by atoms with E-state index in [1.165, 1.54) is 0 Å². The highest BCUT2D eigenvalue weighted by Gasteiger charge is 1.93. The molecule has 1 aromatic rings. The number of nitroso groups, excluding NO2 is 1. The second kappa shape index (κ2) is 3.83. The van der Waals surface area contributed by atoms with Gasteiger partial charge in [0.05, 0.1) is 6.61 Å². The predicted octanol–water partition coefficient (Wildman–Crippen LogP) is 2.23. The lowest BCUT2D eigenvalue weighted by Crippen LogP contribution is -1.85. The van der Waals surface area contributed by atoms with Crippen molar-refractivity contribution in [3.05, 3.63) is 34.7 Å². The van der Waals surface area contributed by atoms with Crippen LogP contribution in [0.2, 0.25) is 0 Å². The van der Waals surface area contributed by atoms with Crippen LogP contribution in [-0.4, -0.2) is 7.11 Å². The SMILES string of the molecule is COCc1cccc(N=O)c1. The molecule has 0 saturated carbocycles. The van der Waals surface area contributed by atoms with E-state index in [2.05, 4.69) is 5.18 Å². The van der Waals surface area contributed by atoms with Crippen LogP contribution in [0.25, 0.3) is 0 Å². The van der Waals surface area contributed by atoms with Crippen LogP contribution in [0.15, 0.2) is 29.4 Å². The summed E-state index contributed by atoms with van der Waals surface area (Å²) >= 11 is 0. The number of benzene rings is 1. The largest absolute Gasteiger partial charge is 0.380 e. The van der Waals surface area contributed by atoms with Crippen LogP contribution in [0, 0.1) is 4.91 Å². The monoisotopic (exact) mass is 151 g/mol. The Kier molecular flexibility index (Phi) is 2.74. The molecule has 0 radical (unpaired) electrons. The molecule has 0 bridgehead atoms. The fourth-order valence-electron chi connectivity index (χ4n) is 0.870. The van der Waals surface area contributed by atoms with Crippen LogP contribution < -0.4 is 0 Å². The van der Waals surface area contributed by atoms with Crippen molar-refractivity contribution in [1.82, 2.24) is 0 Å². The highest BCUT2D eigenvalue weighted by atomic mass is 16.5. The number of rotatable bonds is 3. The van der Waals surface area contributed by atoms with Crippen LogP contribution in [0.1, 0.15) is 5.56 Å². The summed E-state index contributed by atoms with van der Waals surface area (Å²) in [4.78, 5) is 10.1. The number of hydrogen-bond donors (Lipinski definition) is 0. The molecule has 0 fully saturated rings. The van der Waals surface area contributed by atoms with Gasteiger partial charge in [-0.3, -0.25) is 0 Å². The molecule has 0 unspecified atom stereocenters. The van der Waals surface area contributed by atoms with Gasteiger partial charge in [0, 0.05) is 7.11 Å². The van der Waals surface area contributed by atoms with Crippen LogP contribution in [0.3, 0.4) is 0 Å². The van der Waals surface area contributed by atoms with Gasteiger partial charge >= 0.3 is 0 Å². The highest BCUT2D eigenvalue weighted by molar-refractivity contribution is 5.39. The minimum atomic E-state index is 0.444. The first-order valence-corrected chi connectivity index (χ1v) is 3.28. The van der Waals surface area contributed by atoms with Crippen molar-refractivity contribution in [3.8, 4) is 0 Å². The Balaban J connectivity index is 2.82. The predicted molar refractivity (Wildman–Crippen MR) is 42.6 cm³/mol. The molecule has 0 heterocycles. The van der Waals surface area contributed by atoms with Crippen LogP contribution in [-0.2, 0) is 11.3 Å². The molecule has 0 spiro atoms. The number of hydrogen-bond acceptors (Lipinski definition) is 3. The van der Waals surface area contributed by atoms with Crippen molar-refractivity contribution in [2.75, 3.05) is 7.11 Å². The summed E-state index contributed by atoms with van der Waals surface area (Å²) in [7, 11) is 1.61. The highest BCUT2D eigenvalue weighted by Crippen LogP contribution is 2.13. The molecule has 0 aliphatic heterocycles. The van der Waals surface area contributed by atoms with Crippen molar-refractivity contribution in [3.63, 3.8) is 0 Å². The molecule has 0 aliphatic rings. The second-order valence-electron chi connectivity index (χ2n) is 2.19. The van der Waals surface area contributed by atoms with Gasteiger partial charge < -0.3 is 4.74 Å². The molecular weight excluding hydrogens is 142 g/mol. The first-order chi connectivity index (χ1) is 5.36. The van der Waals surface area contributed by atoms with Crippen LogP contribution in [0.4, 0.5) is 5.69 Å². The first kappa shape index (κ1) is 7.88. The third-order valence-corrected chi connectivity index (χ3v) is 1.33. The normalized spacial score (nSPS) is 9.55. The van der Waals surface area contributed by atoms with Crippen molar-refractivity contribution in [2.45, 2.75) is 6.61 Å². The van der Waals surface area contributed by atoms with Crippen molar-refractivity contribution in [2.24, 2.45) is 5.18 Å². The Morgan fingerprint density at radius 3 is 3.00 bits per heavy atom. The molecule has 0 amide bonds. The number of methoxy groups -OCH3 is 1. The van der Waals surface area contributed by atoms with Gasteiger partial charge in [-0.15, -0.1) is 4.91 Å². The second-order valence-corrected chi connectivity index (χ2v) is 2.19. The van der Waals surface area contributed by atoms with E-state index in [0.717, 1.165) is 5.56 Å². The molecular formula is C8H9NO2. The summed E-state index contributed by atoms with van der Waals surface area (Å²) in [5.41, 5.74) is 1.41. The summed E-state index contributed by atoms with van der Waals surface area (Å²) in [6.45, 7) is 0.517. The fourth-order valence-corrected chi connectivity index (χ4v) is 0.870. The maximum Gasteiger partial charge on any atom is 0.108 e. The molecule has 0 N–H and O–H groups in total. The number of ether oxygens (including phenoxy) is 1. The number of nitrogens with zero attached hydrogens (tertiary/aromatic N) is 1. The van der Waals surface area contributed by atoms with Gasteiger partial charge in [-0.25, -0.2) is 0 Å². The average molecular weight is 151 g/mol. The molecule has 0 aliphatic carbocycles. The van der Waals surface area contributed by atoms with Gasteiger partial charge in [0.25, 0.3) is 0 Å². The van der Waals surface area contributed by atoms with Gasteiger partial charge in [0.1, 0.15) is 5.69 Å². The topological polar surface area (TPSA) is 38.7 Å². The molecule has 1 rings (SSSR count). The van der Waals surface area contributed by atoms with E-state index in [9.17, 15) is 4.91 Å². The Hall–Kier alpha value is -1.22. The van der Waals surface area contributed by atoms with E-state index in [1.807, 2.05) is 6.07 Å². The van der Waals surface area contributed by atoms with E-state index in [4.69, 9.17) is 4.74 Å². The Morgan fingerprint density at radius 2 is 2.36 bits per heavy atom. The molecule has 11 heavy (non-hydrogen) atoms. The molecule has 3 nitrogen and oxygen atoms in total. The zero-order chi connectivity index (χ0) is 8.10. The molecule has 1 aromatic carbocycles. The minimum absolute atomic E-state index is 0.444. The standard InChI is InChI=1S/C8H9NO2/c1-11-6-7-3-2-4-8(5-7)9-10/h2-5H,6H2,1H3. The van der Waals surface area contributed by atoms with Gasteiger partial charge in [-0.05, 0) is 22.9 Å². The Bertz CT molecular complexity index is 248.